The van der Waals surface area contributed by atoms with Crippen molar-refractivity contribution in [2.75, 3.05) is 11.9 Å². The van der Waals surface area contributed by atoms with E-state index in [-0.39, 0.29) is 12.1 Å². The zero-order chi connectivity index (χ0) is 10.7. The van der Waals surface area contributed by atoms with Crippen LogP contribution in [0.4, 0.5) is 5.13 Å². The molecule has 1 aromatic rings. The molecule has 84 valence electrons. The third kappa shape index (κ3) is 2.46. The average Bonchev–Trinajstić information content (AvgIpc) is 2.70. The van der Waals surface area contributed by atoms with E-state index in [1.807, 2.05) is 0 Å². The lowest BCUT2D eigenvalue weighted by Crippen LogP contribution is -2.45. The van der Waals surface area contributed by atoms with Crippen molar-refractivity contribution < 1.29 is 5.11 Å². The second kappa shape index (κ2) is 4.45. The zero-order valence-corrected chi connectivity index (χ0v) is 9.76. The molecule has 0 aromatic carbocycles. The number of nitrogens with zero attached hydrogens (tertiary/aromatic N) is 2. The van der Waals surface area contributed by atoms with Crippen LogP contribution in [0.15, 0.2) is 6.33 Å². The van der Waals surface area contributed by atoms with Crippen LogP contribution in [0.3, 0.4) is 0 Å². The first-order valence-corrected chi connectivity index (χ1v) is 6.17. The molecule has 0 saturated heterocycles. The fourth-order valence-electron chi connectivity index (χ4n) is 2.41. The number of anilines is 1. The first-order valence-electron chi connectivity index (χ1n) is 5.40. The minimum atomic E-state index is -0.169. The van der Waals surface area contributed by atoms with Gasteiger partial charge in [0.1, 0.15) is 6.33 Å². The van der Waals surface area contributed by atoms with Gasteiger partial charge >= 0.3 is 0 Å². The van der Waals surface area contributed by atoms with E-state index in [1.54, 1.807) is 6.33 Å². The third-order valence-corrected chi connectivity index (χ3v) is 3.71. The van der Waals surface area contributed by atoms with Crippen molar-refractivity contribution in [1.29, 1.82) is 0 Å². The molecule has 1 saturated carbocycles. The Balaban J connectivity index is 2.07. The lowest BCUT2D eigenvalue weighted by molar-refractivity contribution is 0.149. The van der Waals surface area contributed by atoms with E-state index in [0.29, 0.717) is 5.92 Å². The first kappa shape index (κ1) is 10.8. The molecule has 5 heteroatoms. The smallest absolute Gasteiger partial charge is 0.202 e. The number of aromatic nitrogens is 2. The summed E-state index contributed by atoms with van der Waals surface area (Å²) in [4.78, 5) is 4.11. The van der Waals surface area contributed by atoms with Gasteiger partial charge in [0, 0.05) is 11.5 Å². The average molecular weight is 227 g/mol. The van der Waals surface area contributed by atoms with E-state index >= 15 is 0 Å². The maximum absolute atomic E-state index is 9.55. The van der Waals surface area contributed by atoms with E-state index < -0.39 is 0 Å². The normalized spacial score (nSPS) is 31.5. The summed E-state index contributed by atoms with van der Waals surface area (Å²) < 4.78 is 3.96. The molecule has 2 rings (SSSR count). The highest BCUT2D eigenvalue weighted by Gasteiger charge is 2.34. The zero-order valence-electron chi connectivity index (χ0n) is 8.94. The summed E-state index contributed by atoms with van der Waals surface area (Å²) in [7, 11) is 0. The molecule has 1 aliphatic carbocycles. The van der Waals surface area contributed by atoms with Crippen molar-refractivity contribution in [2.45, 2.75) is 38.1 Å². The number of aliphatic hydroxyl groups excluding tert-OH is 1. The topological polar surface area (TPSA) is 58.0 Å². The lowest BCUT2D eigenvalue weighted by atomic mass is 9.77. The molecule has 2 atom stereocenters. The first-order chi connectivity index (χ1) is 7.24. The van der Waals surface area contributed by atoms with Gasteiger partial charge in [0.05, 0.1) is 12.1 Å². The Morgan fingerprint density at radius 1 is 1.73 bits per heavy atom. The maximum Gasteiger partial charge on any atom is 0.202 e. The highest BCUT2D eigenvalue weighted by molar-refractivity contribution is 7.09. The molecule has 4 nitrogen and oxygen atoms in total. The predicted molar refractivity (Wildman–Crippen MR) is 61.0 cm³/mol. The van der Waals surface area contributed by atoms with E-state index in [2.05, 4.69) is 21.6 Å². The number of hydrogen-bond donors (Lipinski definition) is 2. The Morgan fingerprint density at radius 2 is 2.60 bits per heavy atom. The van der Waals surface area contributed by atoms with Crippen LogP contribution >= 0.6 is 11.5 Å². The van der Waals surface area contributed by atoms with Crippen LogP contribution in [-0.2, 0) is 0 Å². The molecular formula is C10H17N3OS. The summed E-state index contributed by atoms with van der Waals surface area (Å²) in [5.41, 5.74) is -0.169. The van der Waals surface area contributed by atoms with Crippen LogP contribution in [-0.4, -0.2) is 26.6 Å². The Morgan fingerprint density at radius 3 is 3.20 bits per heavy atom. The minimum absolute atomic E-state index is 0.169. The van der Waals surface area contributed by atoms with Crippen molar-refractivity contribution >= 4 is 16.7 Å². The Hall–Kier alpha value is -0.680. The van der Waals surface area contributed by atoms with Crippen molar-refractivity contribution in [3.8, 4) is 0 Å². The quantitative estimate of drug-likeness (QED) is 0.828. The van der Waals surface area contributed by atoms with Crippen molar-refractivity contribution in [3.63, 3.8) is 0 Å². The summed E-state index contributed by atoms with van der Waals surface area (Å²) in [6.07, 6.45) is 6.02. The van der Waals surface area contributed by atoms with Crippen LogP contribution in [0.25, 0.3) is 0 Å². The van der Waals surface area contributed by atoms with E-state index in [0.717, 1.165) is 18.0 Å². The van der Waals surface area contributed by atoms with Gasteiger partial charge in [0.25, 0.3) is 0 Å². The lowest BCUT2D eigenvalue weighted by Gasteiger charge is -2.39. The van der Waals surface area contributed by atoms with Gasteiger partial charge in [0.15, 0.2) is 0 Å². The SMILES string of the molecule is CC1CCCC(CO)(Nc2ncns2)C1. The van der Waals surface area contributed by atoms with E-state index in [4.69, 9.17) is 0 Å². The van der Waals surface area contributed by atoms with Crippen molar-refractivity contribution in [1.82, 2.24) is 9.36 Å². The van der Waals surface area contributed by atoms with Crippen molar-refractivity contribution in [3.05, 3.63) is 6.33 Å². The Kier molecular flexibility index (Phi) is 3.21. The van der Waals surface area contributed by atoms with Crippen LogP contribution in [0.2, 0.25) is 0 Å². The van der Waals surface area contributed by atoms with E-state index in [1.165, 1.54) is 24.4 Å². The molecule has 0 aliphatic heterocycles. The predicted octanol–water partition coefficient (Wildman–Crippen LogP) is 1.89. The van der Waals surface area contributed by atoms with Gasteiger partial charge in [-0.3, -0.25) is 0 Å². The monoisotopic (exact) mass is 227 g/mol. The van der Waals surface area contributed by atoms with Gasteiger partial charge in [-0.25, -0.2) is 4.98 Å². The summed E-state index contributed by atoms with van der Waals surface area (Å²) >= 11 is 1.35. The van der Waals surface area contributed by atoms with Gasteiger partial charge in [0.2, 0.25) is 5.13 Å². The summed E-state index contributed by atoms with van der Waals surface area (Å²) in [6.45, 7) is 2.42. The molecule has 15 heavy (non-hydrogen) atoms. The van der Waals surface area contributed by atoms with Gasteiger partial charge in [-0.2, -0.15) is 4.37 Å². The molecule has 0 bridgehead atoms. The molecule has 0 amide bonds. The Labute approximate surface area is 93.9 Å². The molecule has 0 spiro atoms. The standard InChI is InChI=1S/C10H17N3OS/c1-8-3-2-4-10(5-8,6-14)13-9-11-7-12-15-9/h7-8,14H,2-6H2,1H3,(H,11,12,13). The van der Waals surface area contributed by atoms with Crippen LogP contribution in [0.5, 0.6) is 0 Å². The van der Waals surface area contributed by atoms with Gasteiger partial charge in [-0.05, 0) is 18.8 Å². The number of rotatable bonds is 3. The maximum atomic E-state index is 9.55. The van der Waals surface area contributed by atoms with Crippen LogP contribution in [0, 0.1) is 5.92 Å². The van der Waals surface area contributed by atoms with Crippen LogP contribution < -0.4 is 5.32 Å². The molecule has 0 radical (unpaired) electrons. The van der Waals surface area contributed by atoms with Gasteiger partial charge < -0.3 is 10.4 Å². The fourth-order valence-corrected chi connectivity index (χ4v) is 2.96. The molecule has 1 heterocycles. The van der Waals surface area contributed by atoms with Gasteiger partial charge in [-0.1, -0.05) is 19.8 Å². The number of hydrogen-bond acceptors (Lipinski definition) is 5. The highest BCUT2D eigenvalue weighted by Crippen LogP contribution is 2.34. The van der Waals surface area contributed by atoms with Crippen molar-refractivity contribution in [2.24, 2.45) is 5.92 Å². The molecule has 1 fully saturated rings. The summed E-state index contributed by atoms with van der Waals surface area (Å²) in [6, 6.07) is 0. The van der Waals surface area contributed by atoms with Gasteiger partial charge in [-0.15, -0.1) is 0 Å². The molecular weight excluding hydrogens is 210 g/mol. The van der Waals surface area contributed by atoms with Crippen LogP contribution in [0.1, 0.15) is 32.6 Å². The summed E-state index contributed by atoms with van der Waals surface area (Å²) in [5.74, 6) is 0.673. The van der Waals surface area contributed by atoms with E-state index in [9.17, 15) is 5.11 Å². The molecule has 1 aromatic heterocycles. The third-order valence-electron chi connectivity index (χ3n) is 3.13. The summed E-state index contributed by atoms with van der Waals surface area (Å²) in [5, 5.41) is 13.7. The Bertz CT molecular complexity index is 304. The second-order valence-electron chi connectivity index (χ2n) is 4.51. The number of aliphatic hydroxyl groups is 1. The largest absolute Gasteiger partial charge is 0.394 e. The number of nitrogens with one attached hydrogen (secondary N) is 1. The highest BCUT2D eigenvalue weighted by atomic mass is 32.1. The second-order valence-corrected chi connectivity index (χ2v) is 5.29. The minimum Gasteiger partial charge on any atom is -0.394 e. The molecule has 2 unspecified atom stereocenters. The molecule has 2 N–H and O–H groups in total. The molecule has 1 aliphatic rings. The fraction of sp³-hybridized carbons (Fsp3) is 0.800.